The third kappa shape index (κ3) is 6.70. The zero-order valence-corrected chi connectivity index (χ0v) is 17.1. The smallest absolute Gasteiger partial charge is 0.329 e. The van der Waals surface area contributed by atoms with Crippen molar-refractivity contribution in [3.63, 3.8) is 0 Å². The van der Waals surface area contributed by atoms with Crippen molar-refractivity contribution in [2.45, 2.75) is 58.2 Å². The van der Waals surface area contributed by atoms with E-state index in [0.29, 0.717) is 11.4 Å². The summed E-state index contributed by atoms with van der Waals surface area (Å²) in [5.41, 5.74) is 0.210. The molecule has 2 N–H and O–H groups in total. The van der Waals surface area contributed by atoms with Crippen LogP contribution < -0.4 is 10.6 Å². The molecule has 0 saturated heterocycles. The fraction of sp³-hybridized carbons (Fsp3) is 0.526. The predicted molar refractivity (Wildman–Crippen MR) is 104 cm³/mol. The zero-order chi connectivity index (χ0) is 20.1. The lowest BCUT2D eigenvalue weighted by atomic mass is 10.0. The highest BCUT2D eigenvalue weighted by Crippen LogP contribution is 2.22. The van der Waals surface area contributed by atoms with Crippen LogP contribution in [0.25, 0.3) is 0 Å². The van der Waals surface area contributed by atoms with Crippen molar-refractivity contribution in [1.29, 1.82) is 0 Å². The molecule has 0 aromatic heterocycles. The van der Waals surface area contributed by atoms with Crippen LogP contribution in [-0.2, 0) is 14.3 Å². The van der Waals surface area contributed by atoms with Gasteiger partial charge in [0.2, 0.25) is 0 Å². The Labute approximate surface area is 168 Å². The fourth-order valence-electron chi connectivity index (χ4n) is 2.45. The first kappa shape index (κ1) is 21.5. The number of rotatable bonds is 8. The number of carbonyl (C=O) groups excluding carboxylic acids is 3. The van der Waals surface area contributed by atoms with E-state index in [1.807, 2.05) is 13.8 Å². The van der Waals surface area contributed by atoms with E-state index in [2.05, 4.69) is 10.6 Å². The van der Waals surface area contributed by atoms with Crippen LogP contribution >= 0.6 is 23.2 Å². The van der Waals surface area contributed by atoms with Gasteiger partial charge in [-0.05, 0) is 50.3 Å². The van der Waals surface area contributed by atoms with E-state index in [4.69, 9.17) is 27.9 Å². The monoisotopic (exact) mass is 414 g/mol. The van der Waals surface area contributed by atoms with Crippen LogP contribution in [0.1, 0.15) is 50.4 Å². The lowest BCUT2D eigenvalue weighted by Gasteiger charge is -2.22. The minimum Gasteiger partial charge on any atom is -0.451 e. The average Bonchev–Trinajstić information content (AvgIpc) is 3.37. The second-order valence-electron chi connectivity index (χ2n) is 7.14. The molecule has 6 nitrogen and oxygen atoms in total. The number of esters is 1. The average molecular weight is 415 g/mol. The first-order chi connectivity index (χ1) is 12.7. The Hall–Kier alpha value is -1.79. The minimum atomic E-state index is -0.927. The summed E-state index contributed by atoms with van der Waals surface area (Å²) in [6.07, 6.45) is 1.33. The normalized spacial score (nSPS) is 15.8. The molecule has 0 unspecified atom stereocenters. The molecule has 1 aliphatic rings. The zero-order valence-electron chi connectivity index (χ0n) is 15.6. The summed E-state index contributed by atoms with van der Waals surface area (Å²) in [5, 5.41) is 6.03. The molecule has 27 heavy (non-hydrogen) atoms. The van der Waals surface area contributed by atoms with Crippen LogP contribution in [-0.4, -0.2) is 36.0 Å². The molecule has 0 spiro atoms. The van der Waals surface area contributed by atoms with E-state index < -0.39 is 24.0 Å². The maximum Gasteiger partial charge on any atom is 0.329 e. The number of halogens is 2. The van der Waals surface area contributed by atoms with Gasteiger partial charge >= 0.3 is 5.97 Å². The SMILES string of the molecule is CC(C)C[C@H](NC(=O)c1ccc(Cl)cc1Cl)C(=O)O[C@H](C)C(=O)NC1CC1. The molecule has 0 heterocycles. The summed E-state index contributed by atoms with van der Waals surface area (Å²) < 4.78 is 5.27. The summed E-state index contributed by atoms with van der Waals surface area (Å²) >= 11 is 11.9. The van der Waals surface area contributed by atoms with E-state index in [1.165, 1.54) is 19.1 Å². The molecule has 0 radical (unpaired) electrons. The van der Waals surface area contributed by atoms with Gasteiger partial charge in [-0.2, -0.15) is 0 Å². The lowest BCUT2D eigenvalue weighted by molar-refractivity contribution is -0.157. The number of hydrogen-bond acceptors (Lipinski definition) is 4. The number of benzene rings is 1. The molecule has 0 bridgehead atoms. The topological polar surface area (TPSA) is 84.5 Å². The molecule has 2 amide bonds. The summed E-state index contributed by atoms with van der Waals surface area (Å²) in [7, 11) is 0. The van der Waals surface area contributed by atoms with E-state index in [0.717, 1.165) is 12.8 Å². The minimum absolute atomic E-state index is 0.124. The van der Waals surface area contributed by atoms with Crippen LogP contribution in [0.4, 0.5) is 0 Å². The van der Waals surface area contributed by atoms with Crippen molar-refractivity contribution in [1.82, 2.24) is 10.6 Å². The number of amides is 2. The van der Waals surface area contributed by atoms with Gasteiger partial charge in [0, 0.05) is 11.1 Å². The molecule has 2 rings (SSSR count). The maximum atomic E-state index is 12.5. The van der Waals surface area contributed by atoms with Gasteiger partial charge in [-0.25, -0.2) is 4.79 Å². The first-order valence-corrected chi connectivity index (χ1v) is 9.69. The molecule has 1 aromatic carbocycles. The quantitative estimate of drug-likeness (QED) is 0.638. The van der Waals surface area contributed by atoms with Crippen molar-refractivity contribution in [3.05, 3.63) is 33.8 Å². The molecule has 8 heteroatoms. The van der Waals surface area contributed by atoms with Crippen LogP contribution in [0.2, 0.25) is 10.0 Å². The Balaban J connectivity index is 2.03. The highest BCUT2D eigenvalue weighted by atomic mass is 35.5. The third-order valence-electron chi connectivity index (χ3n) is 4.06. The maximum absolute atomic E-state index is 12.5. The van der Waals surface area contributed by atoms with Crippen LogP contribution in [0.5, 0.6) is 0 Å². The van der Waals surface area contributed by atoms with Gasteiger partial charge in [0.25, 0.3) is 11.8 Å². The standard InChI is InChI=1S/C19H24Cl2N2O4/c1-10(2)8-16(19(26)27-11(3)17(24)22-13-5-6-13)23-18(25)14-7-4-12(20)9-15(14)21/h4,7,9-11,13,16H,5-6,8H2,1-3H3,(H,22,24)(H,23,25)/t11-,16+/m1/s1. The molecule has 2 atom stereocenters. The Morgan fingerprint density at radius 1 is 1.19 bits per heavy atom. The summed E-state index contributed by atoms with van der Waals surface area (Å²) in [6.45, 7) is 5.36. The second-order valence-corrected chi connectivity index (χ2v) is 7.99. The largest absolute Gasteiger partial charge is 0.451 e. The van der Waals surface area contributed by atoms with E-state index in [1.54, 1.807) is 6.07 Å². The van der Waals surface area contributed by atoms with Gasteiger partial charge in [-0.1, -0.05) is 37.0 Å². The summed E-state index contributed by atoms with van der Waals surface area (Å²) in [5.74, 6) is -1.37. The third-order valence-corrected chi connectivity index (χ3v) is 4.61. The number of hydrogen-bond donors (Lipinski definition) is 2. The fourth-order valence-corrected chi connectivity index (χ4v) is 2.95. The second kappa shape index (κ2) is 9.42. The summed E-state index contributed by atoms with van der Waals surface area (Å²) in [6, 6.07) is 3.78. The highest BCUT2D eigenvalue weighted by molar-refractivity contribution is 6.36. The predicted octanol–water partition coefficient (Wildman–Crippen LogP) is 3.35. The Morgan fingerprint density at radius 2 is 1.85 bits per heavy atom. The van der Waals surface area contributed by atoms with Gasteiger partial charge in [0.05, 0.1) is 10.6 Å². The Bertz CT molecular complexity index is 720. The van der Waals surface area contributed by atoms with E-state index in [-0.39, 0.29) is 28.5 Å². The van der Waals surface area contributed by atoms with Crippen molar-refractivity contribution >= 4 is 41.0 Å². The molecule has 1 aromatic rings. The van der Waals surface area contributed by atoms with Crippen LogP contribution in [0.15, 0.2) is 18.2 Å². The van der Waals surface area contributed by atoms with Gasteiger partial charge in [-0.3, -0.25) is 9.59 Å². The van der Waals surface area contributed by atoms with Gasteiger partial charge in [-0.15, -0.1) is 0 Å². The molecule has 1 saturated carbocycles. The van der Waals surface area contributed by atoms with E-state index >= 15 is 0 Å². The number of ether oxygens (including phenoxy) is 1. The van der Waals surface area contributed by atoms with Gasteiger partial charge in [0.15, 0.2) is 6.10 Å². The molecular weight excluding hydrogens is 391 g/mol. The number of carbonyl (C=O) groups is 3. The van der Waals surface area contributed by atoms with Crippen LogP contribution in [0, 0.1) is 5.92 Å². The molecule has 1 fully saturated rings. The van der Waals surface area contributed by atoms with Crippen molar-refractivity contribution < 1.29 is 19.1 Å². The van der Waals surface area contributed by atoms with Crippen molar-refractivity contribution in [3.8, 4) is 0 Å². The Kier molecular flexibility index (Phi) is 7.50. The van der Waals surface area contributed by atoms with Crippen molar-refractivity contribution in [2.24, 2.45) is 5.92 Å². The number of nitrogens with one attached hydrogen (secondary N) is 2. The molecule has 0 aliphatic heterocycles. The molecular formula is C19H24Cl2N2O4. The first-order valence-electron chi connectivity index (χ1n) is 8.94. The molecule has 148 valence electrons. The van der Waals surface area contributed by atoms with Crippen molar-refractivity contribution in [2.75, 3.05) is 0 Å². The Morgan fingerprint density at radius 3 is 2.41 bits per heavy atom. The van der Waals surface area contributed by atoms with Gasteiger partial charge in [0.1, 0.15) is 6.04 Å². The van der Waals surface area contributed by atoms with E-state index in [9.17, 15) is 14.4 Å². The van der Waals surface area contributed by atoms with Gasteiger partial charge < -0.3 is 15.4 Å². The lowest BCUT2D eigenvalue weighted by Crippen LogP contribution is -2.46. The highest BCUT2D eigenvalue weighted by Gasteiger charge is 2.30. The summed E-state index contributed by atoms with van der Waals surface area (Å²) in [4.78, 5) is 37.0. The molecule has 1 aliphatic carbocycles. The van der Waals surface area contributed by atoms with Crippen LogP contribution in [0.3, 0.4) is 0 Å².